The molecule has 7 heteroatoms. The highest BCUT2D eigenvalue weighted by Crippen LogP contribution is 2.19. The number of aromatic carboxylic acids is 1. The number of hydrogen-bond acceptors (Lipinski definition) is 5. The van der Waals surface area contributed by atoms with Gasteiger partial charge in [-0.25, -0.2) is 9.78 Å². The van der Waals surface area contributed by atoms with Crippen LogP contribution in [-0.4, -0.2) is 41.1 Å². The molecule has 1 aliphatic rings. The summed E-state index contributed by atoms with van der Waals surface area (Å²) in [6.45, 7) is 3.19. The number of hydrogen-bond donors (Lipinski definition) is 2. The number of piperidine rings is 1. The van der Waals surface area contributed by atoms with Crippen LogP contribution in [0.2, 0.25) is 0 Å². The summed E-state index contributed by atoms with van der Waals surface area (Å²) in [6, 6.07) is 6.74. The van der Waals surface area contributed by atoms with Gasteiger partial charge in [-0.1, -0.05) is 6.07 Å². The molecular formula is C17H19N3O4. The Balaban J connectivity index is 1.58. The maximum absolute atomic E-state index is 12.2. The lowest BCUT2D eigenvalue weighted by molar-refractivity contribution is 0.0690. The van der Waals surface area contributed by atoms with Gasteiger partial charge in [0, 0.05) is 19.1 Å². The number of amides is 1. The number of furan rings is 1. The SMILES string of the molecule is Cc1occc1C(=O)NC1CCN(c2cccc(C(=O)O)n2)CC1. The van der Waals surface area contributed by atoms with Crippen LogP contribution in [0.1, 0.15) is 39.4 Å². The minimum atomic E-state index is -1.03. The van der Waals surface area contributed by atoms with Gasteiger partial charge in [-0.05, 0) is 38.0 Å². The van der Waals surface area contributed by atoms with Crippen molar-refractivity contribution in [1.82, 2.24) is 10.3 Å². The topological polar surface area (TPSA) is 95.7 Å². The molecular weight excluding hydrogens is 310 g/mol. The third-order valence-electron chi connectivity index (χ3n) is 4.21. The van der Waals surface area contributed by atoms with Gasteiger partial charge in [0.1, 0.15) is 11.6 Å². The molecule has 2 N–H and O–H groups in total. The predicted octanol–water partition coefficient (Wildman–Crippen LogP) is 2.08. The number of anilines is 1. The Kier molecular flexibility index (Phi) is 4.50. The fourth-order valence-electron chi connectivity index (χ4n) is 2.86. The number of aryl methyl sites for hydroxylation is 1. The molecule has 0 atom stereocenters. The van der Waals surface area contributed by atoms with Gasteiger partial charge in [0.25, 0.3) is 5.91 Å². The average molecular weight is 329 g/mol. The van der Waals surface area contributed by atoms with Crippen molar-refractivity contribution < 1.29 is 19.1 Å². The van der Waals surface area contributed by atoms with E-state index in [1.165, 1.54) is 12.3 Å². The molecule has 1 amide bonds. The molecule has 1 fully saturated rings. The fraction of sp³-hybridized carbons (Fsp3) is 0.353. The first-order chi connectivity index (χ1) is 11.5. The second-order valence-electron chi connectivity index (χ2n) is 5.81. The molecule has 0 aliphatic carbocycles. The summed E-state index contributed by atoms with van der Waals surface area (Å²) in [5.74, 6) is 0.116. The van der Waals surface area contributed by atoms with Crippen molar-refractivity contribution in [2.45, 2.75) is 25.8 Å². The normalized spacial score (nSPS) is 15.3. The largest absolute Gasteiger partial charge is 0.477 e. The van der Waals surface area contributed by atoms with Crippen LogP contribution < -0.4 is 10.2 Å². The van der Waals surface area contributed by atoms with E-state index in [1.807, 2.05) is 4.90 Å². The van der Waals surface area contributed by atoms with Crippen LogP contribution in [-0.2, 0) is 0 Å². The Labute approximate surface area is 139 Å². The zero-order valence-corrected chi connectivity index (χ0v) is 13.4. The monoisotopic (exact) mass is 329 g/mol. The number of aromatic nitrogens is 1. The number of nitrogens with one attached hydrogen (secondary N) is 1. The number of pyridine rings is 1. The molecule has 1 saturated heterocycles. The molecule has 7 nitrogen and oxygen atoms in total. The summed E-state index contributed by atoms with van der Waals surface area (Å²) in [6.07, 6.45) is 3.07. The zero-order valence-electron chi connectivity index (χ0n) is 13.4. The van der Waals surface area contributed by atoms with Crippen molar-refractivity contribution in [1.29, 1.82) is 0 Å². The Hall–Kier alpha value is -2.83. The number of carbonyl (C=O) groups is 2. The van der Waals surface area contributed by atoms with Crippen molar-refractivity contribution in [2.24, 2.45) is 0 Å². The molecule has 1 aliphatic heterocycles. The van der Waals surface area contributed by atoms with Gasteiger partial charge in [-0.2, -0.15) is 0 Å². The molecule has 0 saturated carbocycles. The van der Waals surface area contributed by atoms with Crippen LogP contribution in [0.3, 0.4) is 0 Å². The van der Waals surface area contributed by atoms with Gasteiger partial charge in [-0.15, -0.1) is 0 Å². The average Bonchev–Trinajstić information content (AvgIpc) is 3.02. The van der Waals surface area contributed by atoms with Crippen molar-refractivity contribution >= 4 is 17.7 Å². The number of rotatable bonds is 4. The van der Waals surface area contributed by atoms with E-state index in [0.29, 0.717) is 30.2 Å². The fourth-order valence-corrected chi connectivity index (χ4v) is 2.86. The third-order valence-corrected chi connectivity index (χ3v) is 4.21. The Morgan fingerprint density at radius 1 is 1.29 bits per heavy atom. The first-order valence-corrected chi connectivity index (χ1v) is 7.85. The van der Waals surface area contributed by atoms with Crippen LogP contribution in [0.5, 0.6) is 0 Å². The second kappa shape index (κ2) is 6.74. The molecule has 3 heterocycles. The number of carboxylic acid groups (broad SMARTS) is 1. The van der Waals surface area contributed by atoms with E-state index in [4.69, 9.17) is 9.52 Å². The summed E-state index contributed by atoms with van der Waals surface area (Å²) in [4.78, 5) is 29.4. The first kappa shape index (κ1) is 16.0. The van der Waals surface area contributed by atoms with E-state index in [0.717, 1.165) is 12.8 Å². The van der Waals surface area contributed by atoms with Gasteiger partial charge in [0.15, 0.2) is 5.69 Å². The Bertz CT molecular complexity index is 748. The smallest absolute Gasteiger partial charge is 0.354 e. The summed E-state index contributed by atoms with van der Waals surface area (Å²) < 4.78 is 5.15. The maximum atomic E-state index is 12.2. The Morgan fingerprint density at radius 3 is 2.67 bits per heavy atom. The van der Waals surface area contributed by atoms with Gasteiger partial charge in [0.2, 0.25) is 0 Å². The zero-order chi connectivity index (χ0) is 17.1. The quantitative estimate of drug-likeness (QED) is 0.891. The van der Waals surface area contributed by atoms with E-state index in [1.54, 1.807) is 25.1 Å². The molecule has 24 heavy (non-hydrogen) atoms. The summed E-state index contributed by atoms with van der Waals surface area (Å²) in [5.41, 5.74) is 0.603. The molecule has 2 aromatic heterocycles. The van der Waals surface area contributed by atoms with Crippen LogP contribution >= 0.6 is 0 Å². The molecule has 0 spiro atoms. The lowest BCUT2D eigenvalue weighted by Gasteiger charge is -2.33. The van der Waals surface area contributed by atoms with Crippen molar-refractivity contribution in [3.63, 3.8) is 0 Å². The number of carboxylic acids is 1. The highest BCUT2D eigenvalue weighted by molar-refractivity contribution is 5.95. The van der Waals surface area contributed by atoms with Gasteiger partial charge in [-0.3, -0.25) is 4.79 Å². The van der Waals surface area contributed by atoms with Crippen LogP contribution in [0.4, 0.5) is 5.82 Å². The van der Waals surface area contributed by atoms with Crippen molar-refractivity contribution in [3.05, 3.63) is 47.5 Å². The van der Waals surface area contributed by atoms with E-state index in [9.17, 15) is 9.59 Å². The van der Waals surface area contributed by atoms with Crippen molar-refractivity contribution in [2.75, 3.05) is 18.0 Å². The van der Waals surface area contributed by atoms with E-state index >= 15 is 0 Å². The first-order valence-electron chi connectivity index (χ1n) is 7.85. The number of carbonyl (C=O) groups excluding carboxylic acids is 1. The Morgan fingerprint density at radius 2 is 2.04 bits per heavy atom. The minimum absolute atomic E-state index is 0.0401. The van der Waals surface area contributed by atoms with Gasteiger partial charge >= 0.3 is 5.97 Å². The predicted molar refractivity (Wildman–Crippen MR) is 87.3 cm³/mol. The van der Waals surface area contributed by atoms with Crippen molar-refractivity contribution in [3.8, 4) is 0 Å². The standard InChI is InChI=1S/C17H19N3O4/c1-11-13(7-10-24-11)16(21)18-12-5-8-20(9-6-12)15-4-2-3-14(19-15)17(22)23/h2-4,7,10,12H,5-6,8-9H2,1H3,(H,18,21)(H,22,23). The van der Waals surface area contributed by atoms with E-state index < -0.39 is 5.97 Å². The van der Waals surface area contributed by atoms with Crippen LogP contribution in [0.15, 0.2) is 34.9 Å². The molecule has 0 aromatic carbocycles. The summed E-state index contributed by atoms with van der Waals surface area (Å²) in [7, 11) is 0. The van der Waals surface area contributed by atoms with Crippen LogP contribution in [0, 0.1) is 6.92 Å². The molecule has 3 rings (SSSR count). The highest BCUT2D eigenvalue weighted by atomic mass is 16.4. The lowest BCUT2D eigenvalue weighted by atomic mass is 10.0. The van der Waals surface area contributed by atoms with Crippen LogP contribution in [0.25, 0.3) is 0 Å². The maximum Gasteiger partial charge on any atom is 0.354 e. The summed E-state index contributed by atoms with van der Waals surface area (Å²) in [5, 5.41) is 12.0. The number of nitrogens with zero attached hydrogens (tertiary/aromatic N) is 2. The lowest BCUT2D eigenvalue weighted by Crippen LogP contribution is -2.45. The molecule has 0 unspecified atom stereocenters. The molecule has 0 bridgehead atoms. The second-order valence-corrected chi connectivity index (χ2v) is 5.81. The minimum Gasteiger partial charge on any atom is -0.477 e. The van der Waals surface area contributed by atoms with E-state index in [-0.39, 0.29) is 17.6 Å². The highest BCUT2D eigenvalue weighted by Gasteiger charge is 2.23. The van der Waals surface area contributed by atoms with E-state index in [2.05, 4.69) is 10.3 Å². The van der Waals surface area contributed by atoms with Gasteiger partial charge < -0.3 is 19.7 Å². The third kappa shape index (κ3) is 3.40. The summed E-state index contributed by atoms with van der Waals surface area (Å²) >= 11 is 0. The van der Waals surface area contributed by atoms with Gasteiger partial charge in [0.05, 0.1) is 11.8 Å². The molecule has 0 radical (unpaired) electrons. The molecule has 2 aromatic rings. The molecule has 126 valence electrons.